The monoisotopic (exact) mass is 278 g/mol. The van der Waals surface area contributed by atoms with E-state index in [1.165, 1.54) is 12.1 Å². The Morgan fingerprint density at radius 2 is 2.35 bits per heavy atom. The summed E-state index contributed by atoms with van der Waals surface area (Å²) in [5.41, 5.74) is 0.415. The van der Waals surface area contributed by atoms with Gasteiger partial charge in [-0.2, -0.15) is 0 Å². The van der Waals surface area contributed by atoms with Gasteiger partial charge in [0.2, 0.25) is 0 Å². The maximum absolute atomic E-state index is 12.1. The minimum atomic E-state index is -0.478. The zero-order chi connectivity index (χ0) is 14.5. The molecule has 0 aliphatic carbocycles. The molecule has 1 aliphatic heterocycles. The van der Waals surface area contributed by atoms with Crippen molar-refractivity contribution in [3.63, 3.8) is 0 Å². The number of likely N-dealkylation sites (tertiary alicyclic amines) is 1. The summed E-state index contributed by atoms with van der Waals surface area (Å²) in [5.74, 6) is 0.468. The van der Waals surface area contributed by atoms with E-state index >= 15 is 0 Å². The molecule has 2 rings (SSSR count). The van der Waals surface area contributed by atoms with Gasteiger partial charge in [0, 0.05) is 30.9 Å². The summed E-state index contributed by atoms with van der Waals surface area (Å²) in [6.45, 7) is 2.31. The molecule has 1 unspecified atom stereocenters. The van der Waals surface area contributed by atoms with Crippen LogP contribution >= 0.6 is 0 Å². The fourth-order valence-electron chi connectivity index (χ4n) is 2.37. The van der Waals surface area contributed by atoms with E-state index in [2.05, 4.69) is 10.6 Å². The lowest BCUT2D eigenvalue weighted by molar-refractivity contribution is -0.384. The molecule has 1 aromatic rings. The van der Waals surface area contributed by atoms with E-state index in [0.29, 0.717) is 24.7 Å². The van der Waals surface area contributed by atoms with Crippen LogP contribution in [0.15, 0.2) is 24.3 Å². The van der Waals surface area contributed by atoms with Gasteiger partial charge in [-0.05, 0) is 32.0 Å². The molecular formula is C13H18N4O3. The molecule has 0 saturated carbocycles. The molecule has 0 aromatic heterocycles. The van der Waals surface area contributed by atoms with E-state index in [0.717, 1.165) is 13.0 Å². The lowest BCUT2D eigenvalue weighted by Crippen LogP contribution is -2.34. The highest BCUT2D eigenvalue weighted by Crippen LogP contribution is 2.20. The largest absolute Gasteiger partial charge is 0.324 e. The molecule has 2 N–H and O–H groups in total. The minimum absolute atomic E-state index is 0.0303. The van der Waals surface area contributed by atoms with Crippen molar-refractivity contribution >= 4 is 17.4 Å². The van der Waals surface area contributed by atoms with Gasteiger partial charge in [-0.3, -0.25) is 10.1 Å². The number of hydrogen-bond acceptors (Lipinski definition) is 4. The van der Waals surface area contributed by atoms with Crippen molar-refractivity contribution in [3.05, 3.63) is 34.4 Å². The van der Waals surface area contributed by atoms with E-state index in [1.807, 2.05) is 7.05 Å². The third-order valence-electron chi connectivity index (χ3n) is 3.37. The molecule has 1 atom stereocenters. The second-order valence-corrected chi connectivity index (χ2v) is 4.90. The molecule has 2 amide bonds. The van der Waals surface area contributed by atoms with Gasteiger partial charge in [0.1, 0.15) is 0 Å². The number of urea groups is 1. The predicted octanol–water partition coefficient (Wildman–Crippen LogP) is 1.67. The van der Waals surface area contributed by atoms with Crippen LogP contribution in [0.3, 0.4) is 0 Å². The van der Waals surface area contributed by atoms with Gasteiger partial charge >= 0.3 is 6.03 Å². The molecule has 1 saturated heterocycles. The quantitative estimate of drug-likeness (QED) is 0.647. The molecule has 7 heteroatoms. The number of hydrogen-bond donors (Lipinski definition) is 2. The Bertz CT molecular complexity index is 506. The second kappa shape index (κ2) is 6.33. The lowest BCUT2D eigenvalue weighted by atomic mass is 10.1. The molecule has 7 nitrogen and oxygen atoms in total. The van der Waals surface area contributed by atoms with Crippen molar-refractivity contribution in [2.45, 2.75) is 6.42 Å². The first-order valence-electron chi connectivity index (χ1n) is 6.55. The zero-order valence-corrected chi connectivity index (χ0v) is 11.3. The highest BCUT2D eigenvalue weighted by molar-refractivity contribution is 5.89. The maximum atomic E-state index is 12.1. The Hall–Kier alpha value is -2.15. The number of carbonyl (C=O) groups excluding carboxylic acids is 1. The average Bonchev–Trinajstić information content (AvgIpc) is 2.88. The van der Waals surface area contributed by atoms with E-state index in [-0.39, 0.29) is 11.7 Å². The second-order valence-electron chi connectivity index (χ2n) is 4.90. The van der Waals surface area contributed by atoms with Crippen LogP contribution < -0.4 is 10.6 Å². The lowest BCUT2D eigenvalue weighted by Gasteiger charge is -2.17. The van der Waals surface area contributed by atoms with Gasteiger partial charge in [0.05, 0.1) is 4.92 Å². The number of benzene rings is 1. The van der Waals surface area contributed by atoms with E-state index < -0.39 is 4.92 Å². The Labute approximate surface area is 117 Å². The number of carbonyl (C=O) groups is 1. The Morgan fingerprint density at radius 1 is 1.55 bits per heavy atom. The Balaban J connectivity index is 1.95. The summed E-state index contributed by atoms with van der Waals surface area (Å²) in [4.78, 5) is 24.0. The van der Waals surface area contributed by atoms with Gasteiger partial charge in [-0.15, -0.1) is 0 Å². The standard InChI is InChI=1S/C13H18N4O3/c1-14-8-10-5-6-16(9-10)13(18)15-11-3-2-4-12(7-11)17(19)20/h2-4,7,10,14H,5-6,8-9H2,1H3,(H,15,18). The third kappa shape index (κ3) is 3.45. The first-order chi connectivity index (χ1) is 9.60. The van der Waals surface area contributed by atoms with Crippen LogP contribution in [0, 0.1) is 16.0 Å². The zero-order valence-electron chi connectivity index (χ0n) is 11.3. The average molecular weight is 278 g/mol. The van der Waals surface area contributed by atoms with Crippen molar-refractivity contribution in [3.8, 4) is 0 Å². The van der Waals surface area contributed by atoms with Crippen LogP contribution in [-0.2, 0) is 0 Å². The predicted molar refractivity (Wildman–Crippen MR) is 75.7 cm³/mol. The summed E-state index contributed by atoms with van der Waals surface area (Å²) in [6.07, 6.45) is 0.975. The number of nitrogens with zero attached hydrogens (tertiary/aromatic N) is 2. The third-order valence-corrected chi connectivity index (χ3v) is 3.37. The number of nitro benzene ring substituents is 1. The number of non-ortho nitro benzene ring substituents is 1. The van der Waals surface area contributed by atoms with Gasteiger partial charge in [-0.25, -0.2) is 4.79 Å². The topological polar surface area (TPSA) is 87.5 Å². The van der Waals surface area contributed by atoms with E-state index in [4.69, 9.17) is 0 Å². The van der Waals surface area contributed by atoms with Gasteiger partial charge in [-0.1, -0.05) is 6.07 Å². The minimum Gasteiger partial charge on any atom is -0.324 e. The molecule has 1 heterocycles. The first-order valence-corrected chi connectivity index (χ1v) is 6.55. The van der Waals surface area contributed by atoms with Crippen LogP contribution in [0.25, 0.3) is 0 Å². The van der Waals surface area contributed by atoms with Crippen LogP contribution in [0.5, 0.6) is 0 Å². The number of nitrogens with one attached hydrogen (secondary N) is 2. The molecular weight excluding hydrogens is 260 g/mol. The summed E-state index contributed by atoms with van der Waals surface area (Å²) < 4.78 is 0. The Kier molecular flexibility index (Phi) is 4.52. The van der Waals surface area contributed by atoms with Crippen molar-refractivity contribution in [2.24, 2.45) is 5.92 Å². The van der Waals surface area contributed by atoms with Gasteiger partial charge < -0.3 is 15.5 Å². The SMILES string of the molecule is CNCC1CCN(C(=O)Nc2cccc([N+](=O)[O-])c2)C1. The van der Waals surface area contributed by atoms with Crippen LogP contribution in [-0.4, -0.2) is 42.5 Å². The first kappa shape index (κ1) is 14.3. The molecule has 0 radical (unpaired) electrons. The molecule has 1 fully saturated rings. The highest BCUT2D eigenvalue weighted by Gasteiger charge is 2.25. The highest BCUT2D eigenvalue weighted by atomic mass is 16.6. The summed E-state index contributed by atoms with van der Waals surface area (Å²) >= 11 is 0. The number of rotatable bonds is 4. The molecule has 0 spiro atoms. The normalized spacial score (nSPS) is 18.1. The van der Waals surface area contributed by atoms with Gasteiger partial charge in [0.15, 0.2) is 0 Å². The Morgan fingerprint density at radius 3 is 3.05 bits per heavy atom. The van der Waals surface area contributed by atoms with Crippen molar-refractivity contribution < 1.29 is 9.72 Å². The number of nitro groups is 1. The van der Waals surface area contributed by atoms with Gasteiger partial charge in [0.25, 0.3) is 5.69 Å². The van der Waals surface area contributed by atoms with Crippen molar-refractivity contribution in [1.29, 1.82) is 0 Å². The molecule has 1 aromatic carbocycles. The summed E-state index contributed by atoms with van der Waals surface area (Å²) in [5, 5.41) is 16.5. The maximum Gasteiger partial charge on any atom is 0.321 e. The summed E-state index contributed by atoms with van der Waals surface area (Å²) in [7, 11) is 1.89. The van der Waals surface area contributed by atoms with Crippen molar-refractivity contribution in [1.82, 2.24) is 10.2 Å². The van der Waals surface area contributed by atoms with Crippen molar-refractivity contribution in [2.75, 3.05) is 32.0 Å². The number of amides is 2. The molecule has 108 valence electrons. The molecule has 0 bridgehead atoms. The van der Waals surface area contributed by atoms with Crippen LogP contribution in [0.1, 0.15) is 6.42 Å². The summed E-state index contributed by atoms with van der Waals surface area (Å²) in [6, 6.07) is 5.75. The smallest absolute Gasteiger partial charge is 0.321 e. The molecule has 1 aliphatic rings. The fourth-order valence-corrected chi connectivity index (χ4v) is 2.37. The van der Waals surface area contributed by atoms with Crippen LogP contribution in [0.2, 0.25) is 0 Å². The number of anilines is 1. The van der Waals surface area contributed by atoms with Crippen LogP contribution in [0.4, 0.5) is 16.2 Å². The van der Waals surface area contributed by atoms with E-state index in [1.54, 1.807) is 17.0 Å². The fraction of sp³-hybridized carbons (Fsp3) is 0.462. The van der Waals surface area contributed by atoms with E-state index in [9.17, 15) is 14.9 Å². The molecule has 20 heavy (non-hydrogen) atoms.